The monoisotopic (exact) mass is 427 g/mol. The molecule has 1 aliphatic rings. The van der Waals surface area contributed by atoms with Crippen molar-refractivity contribution in [3.05, 3.63) is 77.9 Å². The molecule has 1 aliphatic carbocycles. The molecule has 1 heterocycles. The summed E-state index contributed by atoms with van der Waals surface area (Å²) < 4.78 is 1.86. The standard InChI is InChI=1S/C26H29N5O/c1-18(32)26-29-12-14-31(26)13-2-3-19-4-6-20(7-5-19)21-8-10-22(11-9-21)23-15-24(16-23)30-17-25(27)28/h4-12,14,18,23-24,30,32H,13,15-17H2,1H3,(H3,27,28)/t18-,23?,24?/m0/s1. The number of aliphatic hydroxyl groups excluding tert-OH is 1. The second-order valence-electron chi connectivity index (χ2n) is 8.36. The number of rotatable bonds is 7. The van der Waals surface area contributed by atoms with Crippen LogP contribution >= 0.6 is 0 Å². The van der Waals surface area contributed by atoms with Crippen molar-refractivity contribution in [2.24, 2.45) is 5.73 Å². The molecule has 4 rings (SSSR count). The Morgan fingerprint density at radius 3 is 2.47 bits per heavy atom. The molecule has 164 valence electrons. The van der Waals surface area contributed by atoms with Crippen LogP contribution in [0, 0.1) is 17.3 Å². The van der Waals surface area contributed by atoms with Gasteiger partial charge in [0, 0.05) is 24.0 Å². The Balaban J connectivity index is 1.33. The van der Waals surface area contributed by atoms with E-state index in [1.807, 2.05) is 22.9 Å². The molecule has 2 aromatic carbocycles. The second kappa shape index (κ2) is 9.82. The van der Waals surface area contributed by atoms with Crippen molar-refractivity contribution in [3.8, 4) is 23.0 Å². The molecule has 0 saturated heterocycles. The lowest BCUT2D eigenvalue weighted by Gasteiger charge is -2.36. The van der Waals surface area contributed by atoms with E-state index in [2.05, 4.69) is 58.5 Å². The number of benzene rings is 2. The highest BCUT2D eigenvalue weighted by Crippen LogP contribution is 2.37. The van der Waals surface area contributed by atoms with Gasteiger partial charge >= 0.3 is 0 Å². The molecular weight excluding hydrogens is 398 g/mol. The first-order chi connectivity index (χ1) is 15.5. The zero-order chi connectivity index (χ0) is 22.5. The topological polar surface area (TPSA) is 100.0 Å². The first-order valence-corrected chi connectivity index (χ1v) is 10.9. The average molecular weight is 428 g/mol. The molecule has 0 spiro atoms. The molecule has 5 N–H and O–H groups in total. The number of nitrogens with one attached hydrogen (secondary N) is 2. The lowest BCUT2D eigenvalue weighted by molar-refractivity contribution is 0.184. The molecule has 1 aromatic heterocycles. The molecule has 0 radical (unpaired) electrons. The molecule has 1 saturated carbocycles. The Bertz CT molecular complexity index is 1110. The van der Waals surface area contributed by atoms with Gasteiger partial charge in [0.25, 0.3) is 0 Å². The van der Waals surface area contributed by atoms with Crippen LogP contribution in [0.25, 0.3) is 11.1 Å². The fourth-order valence-electron chi connectivity index (χ4n) is 4.05. The number of aromatic nitrogens is 2. The molecule has 1 atom stereocenters. The van der Waals surface area contributed by atoms with Crippen LogP contribution in [-0.4, -0.2) is 33.1 Å². The summed E-state index contributed by atoms with van der Waals surface area (Å²) in [6.45, 7) is 2.67. The Morgan fingerprint density at radius 1 is 1.19 bits per heavy atom. The number of amidine groups is 1. The maximum atomic E-state index is 9.72. The zero-order valence-corrected chi connectivity index (χ0v) is 18.3. The van der Waals surface area contributed by atoms with Crippen LogP contribution in [-0.2, 0) is 6.54 Å². The highest BCUT2D eigenvalue weighted by atomic mass is 16.3. The van der Waals surface area contributed by atoms with Crippen molar-refractivity contribution in [2.75, 3.05) is 6.54 Å². The first kappa shape index (κ1) is 21.8. The Labute approximate surface area is 189 Å². The van der Waals surface area contributed by atoms with E-state index in [1.165, 1.54) is 16.7 Å². The van der Waals surface area contributed by atoms with Crippen molar-refractivity contribution in [3.63, 3.8) is 0 Å². The van der Waals surface area contributed by atoms with Crippen molar-refractivity contribution in [2.45, 2.75) is 44.4 Å². The van der Waals surface area contributed by atoms with Gasteiger partial charge in [-0.05, 0) is 54.5 Å². The number of aliphatic hydroxyl groups is 1. The van der Waals surface area contributed by atoms with Crippen molar-refractivity contribution < 1.29 is 5.11 Å². The number of hydrogen-bond donors (Lipinski definition) is 4. The van der Waals surface area contributed by atoms with Crippen LogP contribution in [0.4, 0.5) is 0 Å². The minimum atomic E-state index is -0.605. The molecule has 1 fully saturated rings. The van der Waals surface area contributed by atoms with E-state index >= 15 is 0 Å². The molecule has 0 bridgehead atoms. The summed E-state index contributed by atoms with van der Waals surface area (Å²) in [5, 5.41) is 20.3. The minimum Gasteiger partial charge on any atom is -0.387 e. The van der Waals surface area contributed by atoms with E-state index in [-0.39, 0.29) is 5.84 Å². The number of imidazole rings is 1. The van der Waals surface area contributed by atoms with Gasteiger partial charge in [-0.1, -0.05) is 48.2 Å². The molecule has 32 heavy (non-hydrogen) atoms. The summed E-state index contributed by atoms with van der Waals surface area (Å²) in [6.07, 6.45) is 5.09. The second-order valence-corrected chi connectivity index (χ2v) is 8.36. The lowest BCUT2D eigenvalue weighted by atomic mass is 9.75. The quantitative estimate of drug-likeness (QED) is 0.264. The van der Waals surface area contributed by atoms with Crippen molar-refractivity contribution in [1.82, 2.24) is 14.9 Å². The van der Waals surface area contributed by atoms with E-state index in [9.17, 15) is 5.11 Å². The number of hydrogen-bond acceptors (Lipinski definition) is 4. The SMILES string of the molecule is C[C@H](O)c1nccn1CC#Cc1ccc(-c2ccc(C3CC(NCC(=N)N)C3)cc2)cc1. The van der Waals surface area contributed by atoms with E-state index in [1.54, 1.807) is 13.1 Å². The fourth-order valence-corrected chi connectivity index (χ4v) is 4.05. The third-order valence-electron chi connectivity index (χ3n) is 5.92. The predicted octanol–water partition coefficient (Wildman–Crippen LogP) is 3.43. The predicted molar refractivity (Wildman–Crippen MR) is 127 cm³/mol. The zero-order valence-electron chi connectivity index (χ0n) is 18.3. The van der Waals surface area contributed by atoms with Gasteiger partial charge in [0.2, 0.25) is 0 Å². The number of nitrogens with two attached hydrogens (primary N) is 1. The van der Waals surface area contributed by atoms with E-state index in [4.69, 9.17) is 11.1 Å². The molecule has 0 amide bonds. The third-order valence-corrected chi connectivity index (χ3v) is 5.92. The molecule has 6 heteroatoms. The summed E-state index contributed by atoms with van der Waals surface area (Å²) in [6, 6.07) is 17.6. The Kier molecular flexibility index (Phi) is 6.69. The van der Waals surface area contributed by atoms with Crippen LogP contribution in [0.1, 0.15) is 48.7 Å². The number of nitrogens with zero attached hydrogens (tertiary/aromatic N) is 2. The van der Waals surface area contributed by atoms with E-state index in [0.29, 0.717) is 30.9 Å². The highest BCUT2D eigenvalue weighted by molar-refractivity contribution is 5.78. The summed E-state index contributed by atoms with van der Waals surface area (Å²) in [4.78, 5) is 4.16. The van der Waals surface area contributed by atoms with Crippen LogP contribution in [0.15, 0.2) is 60.9 Å². The minimum absolute atomic E-state index is 0.193. The van der Waals surface area contributed by atoms with Gasteiger partial charge in [-0.15, -0.1) is 0 Å². The van der Waals surface area contributed by atoms with Gasteiger partial charge in [0.15, 0.2) is 0 Å². The van der Waals surface area contributed by atoms with Crippen molar-refractivity contribution >= 4 is 5.84 Å². The van der Waals surface area contributed by atoms with Crippen LogP contribution < -0.4 is 11.1 Å². The summed E-state index contributed by atoms with van der Waals surface area (Å²) in [5.74, 6) is 7.73. The molecule has 0 unspecified atom stereocenters. The average Bonchev–Trinajstić information content (AvgIpc) is 3.22. The smallest absolute Gasteiger partial charge is 0.138 e. The fraction of sp³-hybridized carbons (Fsp3) is 0.308. The molecular formula is C26H29N5O. The Hall–Kier alpha value is -3.40. The van der Waals surface area contributed by atoms with Crippen molar-refractivity contribution in [1.29, 1.82) is 5.41 Å². The molecule has 6 nitrogen and oxygen atoms in total. The van der Waals surface area contributed by atoms with Gasteiger partial charge in [0.1, 0.15) is 17.8 Å². The van der Waals surface area contributed by atoms with E-state index < -0.39 is 6.10 Å². The summed E-state index contributed by atoms with van der Waals surface area (Å²) in [5.41, 5.74) is 10.1. The van der Waals surface area contributed by atoms with Gasteiger partial charge in [0.05, 0.1) is 13.1 Å². The van der Waals surface area contributed by atoms with Gasteiger partial charge in [-0.2, -0.15) is 0 Å². The van der Waals surface area contributed by atoms with Crippen LogP contribution in [0.5, 0.6) is 0 Å². The van der Waals surface area contributed by atoms with Gasteiger partial charge in [-0.3, -0.25) is 5.41 Å². The van der Waals surface area contributed by atoms with Crippen LogP contribution in [0.2, 0.25) is 0 Å². The maximum Gasteiger partial charge on any atom is 0.138 e. The Morgan fingerprint density at radius 2 is 1.84 bits per heavy atom. The summed E-state index contributed by atoms with van der Waals surface area (Å²) >= 11 is 0. The van der Waals surface area contributed by atoms with E-state index in [0.717, 1.165) is 18.4 Å². The molecule has 0 aliphatic heterocycles. The normalized spacial score (nSPS) is 18.3. The maximum absolute atomic E-state index is 9.72. The largest absolute Gasteiger partial charge is 0.387 e. The van der Waals surface area contributed by atoms with Gasteiger partial charge in [-0.25, -0.2) is 4.98 Å². The van der Waals surface area contributed by atoms with Crippen LogP contribution in [0.3, 0.4) is 0 Å². The molecule has 3 aromatic rings. The highest BCUT2D eigenvalue weighted by Gasteiger charge is 2.29. The lowest BCUT2D eigenvalue weighted by Crippen LogP contribution is -2.43. The third kappa shape index (κ3) is 5.25. The van der Waals surface area contributed by atoms with Gasteiger partial charge < -0.3 is 20.7 Å². The summed E-state index contributed by atoms with van der Waals surface area (Å²) in [7, 11) is 0. The first-order valence-electron chi connectivity index (χ1n) is 10.9.